The Morgan fingerprint density at radius 1 is 1.43 bits per heavy atom. The van der Waals surface area contributed by atoms with Crippen molar-refractivity contribution in [2.45, 2.75) is 20.0 Å². The van der Waals surface area contributed by atoms with E-state index in [0.29, 0.717) is 12.0 Å². The normalized spacial score (nSPS) is 10.7. The van der Waals surface area contributed by atoms with E-state index >= 15 is 0 Å². The molecule has 1 aromatic carbocycles. The molecule has 0 spiro atoms. The van der Waals surface area contributed by atoms with Crippen LogP contribution in [0.4, 0.5) is 0 Å². The van der Waals surface area contributed by atoms with Gasteiger partial charge in [0.25, 0.3) is 5.56 Å². The summed E-state index contributed by atoms with van der Waals surface area (Å²) in [6, 6.07) is 4.73. The van der Waals surface area contributed by atoms with E-state index in [-0.39, 0.29) is 34.9 Å². The maximum atomic E-state index is 12.4. The highest BCUT2D eigenvalue weighted by Crippen LogP contribution is 2.33. The number of nitrogens with zero attached hydrogens (tertiary/aromatic N) is 2. The minimum atomic E-state index is -0.378. The molecule has 0 aliphatic carbocycles. The average Bonchev–Trinajstić information content (AvgIpc) is 2.49. The van der Waals surface area contributed by atoms with E-state index in [9.17, 15) is 15.0 Å². The maximum Gasteiger partial charge on any atom is 0.278 e. The molecular formula is C14H16N2O4S. The molecule has 7 heteroatoms. The SMILES string of the molecule is CCc1cc(O)ccc1-c1c(OS)c(CO)nn(C)c1=O. The Kier molecular flexibility index (Phi) is 4.54. The van der Waals surface area contributed by atoms with Gasteiger partial charge in [-0.05, 0) is 29.7 Å². The lowest BCUT2D eigenvalue weighted by molar-refractivity contribution is 0.270. The number of phenolic OH excluding ortho intramolecular Hbond substituents is 1. The van der Waals surface area contributed by atoms with Gasteiger partial charge in [0.2, 0.25) is 0 Å². The van der Waals surface area contributed by atoms with Crippen molar-refractivity contribution >= 4 is 12.9 Å². The van der Waals surface area contributed by atoms with Crippen molar-refractivity contribution < 1.29 is 14.4 Å². The van der Waals surface area contributed by atoms with Gasteiger partial charge in [0.05, 0.1) is 12.2 Å². The van der Waals surface area contributed by atoms with Crippen molar-refractivity contribution in [2.75, 3.05) is 0 Å². The Balaban J connectivity index is 2.85. The third kappa shape index (κ3) is 2.74. The molecule has 1 aromatic heterocycles. The fourth-order valence-electron chi connectivity index (χ4n) is 2.23. The lowest BCUT2D eigenvalue weighted by Gasteiger charge is -2.14. The summed E-state index contributed by atoms with van der Waals surface area (Å²) < 4.78 is 6.13. The molecule has 0 aliphatic rings. The summed E-state index contributed by atoms with van der Waals surface area (Å²) in [6.07, 6.45) is 0.621. The Morgan fingerprint density at radius 3 is 2.71 bits per heavy atom. The highest BCUT2D eigenvalue weighted by molar-refractivity contribution is 7.75. The number of hydrogen-bond donors (Lipinski definition) is 3. The quantitative estimate of drug-likeness (QED) is 0.588. The first kappa shape index (κ1) is 15.4. The van der Waals surface area contributed by atoms with Gasteiger partial charge in [-0.2, -0.15) is 5.10 Å². The lowest BCUT2D eigenvalue weighted by atomic mass is 9.97. The van der Waals surface area contributed by atoms with Crippen LogP contribution < -0.4 is 9.74 Å². The molecule has 0 amide bonds. The molecule has 0 saturated heterocycles. The number of thiol groups is 1. The minimum Gasteiger partial charge on any atom is -0.508 e. The van der Waals surface area contributed by atoms with Gasteiger partial charge in [-0.3, -0.25) is 4.79 Å². The smallest absolute Gasteiger partial charge is 0.278 e. The first-order valence-corrected chi connectivity index (χ1v) is 6.74. The number of hydrogen-bond acceptors (Lipinski definition) is 6. The largest absolute Gasteiger partial charge is 0.508 e. The second kappa shape index (κ2) is 6.19. The van der Waals surface area contributed by atoms with Crippen LogP contribution in [0.2, 0.25) is 0 Å². The van der Waals surface area contributed by atoms with Crippen LogP contribution in [-0.4, -0.2) is 20.0 Å². The molecule has 2 aromatic rings. The summed E-state index contributed by atoms with van der Waals surface area (Å²) >= 11 is 3.77. The van der Waals surface area contributed by atoms with Crippen molar-refractivity contribution in [1.82, 2.24) is 9.78 Å². The topological polar surface area (TPSA) is 84.6 Å². The van der Waals surface area contributed by atoms with E-state index in [1.165, 1.54) is 13.1 Å². The molecule has 2 N–H and O–H groups in total. The summed E-state index contributed by atoms with van der Waals surface area (Å²) in [5.41, 5.74) is 1.53. The molecule has 0 radical (unpaired) electrons. The second-order valence-corrected chi connectivity index (χ2v) is 4.71. The zero-order valence-electron chi connectivity index (χ0n) is 11.7. The molecule has 0 fully saturated rings. The first-order valence-electron chi connectivity index (χ1n) is 6.38. The minimum absolute atomic E-state index is 0.122. The monoisotopic (exact) mass is 308 g/mol. The molecule has 0 saturated carbocycles. The third-order valence-electron chi connectivity index (χ3n) is 3.25. The molecule has 2 rings (SSSR count). The Labute approximate surface area is 127 Å². The van der Waals surface area contributed by atoms with Crippen molar-refractivity contribution in [1.29, 1.82) is 0 Å². The number of aliphatic hydroxyl groups is 1. The molecule has 112 valence electrons. The van der Waals surface area contributed by atoms with Crippen LogP contribution >= 0.6 is 12.9 Å². The van der Waals surface area contributed by atoms with Crippen LogP contribution in [0.15, 0.2) is 23.0 Å². The van der Waals surface area contributed by atoms with Crippen LogP contribution in [0.1, 0.15) is 18.2 Å². The molecule has 0 unspecified atom stereocenters. The van der Waals surface area contributed by atoms with Crippen LogP contribution in [0.25, 0.3) is 11.1 Å². The zero-order chi connectivity index (χ0) is 15.6. The van der Waals surface area contributed by atoms with Gasteiger partial charge in [0.1, 0.15) is 11.4 Å². The predicted octanol–water partition coefficient (Wildman–Crippen LogP) is 1.43. The van der Waals surface area contributed by atoms with Crippen LogP contribution in [0, 0.1) is 0 Å². The van der Waals surface area contributed by atoms with Gasteiger partial charge in [-0.15, -0.1) is 0 Å². The van der Waals surface area contributed by atoms with Gasteiger partial charge in [0.15, 0.2) is 5.75 Å². The Bertz CT molecular complexity index is 728. The van der Waals surface area contributed by atoms with Crippen LogP contribution in [0.5, 0.6) is 11.5 Å². The van der Waals surface area contributed by atoms with Crippen LogP contribution in [0.3, 0.4) is 0 Å². The number of rotatable bonds is 4. The number of benzene rings is 1. The van der Waals surface area contributed by atoms with Gasteiger partial charge < -0.3 is 14.4 Å². The van der Waals surface area contributed by atoms with E-state index in [0.717, 1.165) is 10.2 Å². The fourth-order valence-corrected chi connectivity index (χ4v) is 2.43. The molecule has 21 heavy (non-hydrogen) atoms. The summed E-state index contributed by atoms with van der Waals surface area (Å²) in [5.74, 6) is 0.251. The number of aromatic hydroxyl groups is 1. The predicted molar refractivity (Wildman–Crippen MR) is 81.5 cm³/mol. The van der Waals surface area contributed by atoms with Crippen molar-refractivity contribution in [3.63, 3.8) is 0 Å². The van der Waals surface area contributed by atoms with Gasteiger partial charge in [-0.1, -0.05) is 13.0 Å². The molecule has 0 atom stereocenters. The number of aryl methyl sites for hydroxylation is 2. The van der Waals surface area contributed by atoms with Crippen molar-refractivity contribution in [3.8, 4) is 22.6 Å². The standard InChI is InChI=1S/C14H16N2O4S/c1-3-8-6-9(18)4-5-10(8)12-13(20-21)11(7-17)15-16(2)14(12)19/h4-6,17-18,21H,3,7H2,1-2H3. The molecular weight excluding hydrogens is 292 g/mol. The summed E-state index contributed by atoms with van der Waals surface area (Å²) in [6.45, 7) is 1.54. The molecule has 6 nitrogen and oxygen atoms in total. The second-order valence-electron chi connectivity index (χ2n) is 4.52. The van der Waals surface area contributed by atoms with Crippen molar-refractivity contribution in [3.05, 3.63) is 39.8 Å². The summed E-state index contributed by atoms with van der Waals surface area (Å²) in [7, 11) is 1.50. The maximum absolute atomic E-state index is 12.4. The molecule has 1 heterocycles. The fraction of sp³-hybridized carbons (Fsp3) is 0.286. The average molecular weight is 308 g/mol. The van der Waals surface area contributed by atoms with E-state index in [1.807, 2.05) is 6.92 Å². The van der Waals surface area contributed by atoms with Gasteiger partial charge in [-0.25, -0.2) is 4.68 Å². The zero-order valence-corrected chi connectivity index (χ0v) is 12.6. The number of aromatic nitrogens is 2. The van der Waals surface area contributed by atoms with E-state index in [1.54, 1.807) is 12.1 Å². The summed E-state index contributed by atoms with van der Waals surface area (Å²) in [4.78, 5) is 12.4. The number of phenols is 1. The number of aliphatic hydroxyl groups excluding tert-OH is 1. The van der Waals surface area contributed by atoms with Gasteiger partial charge in [0, 0.05) is 20.0 Å². The summed E-state index contributed by atoms with van der Waals surface area (Å²) in [5, 5.41) is 22.9. The van der Waals surface area contributed by atoms with Crippen LogP contribution in [-0.2, 0) is 20.1 Å². The van der Waals surface area contributed by atoms with Crippen molar-refractivity contribution in [2.24, 2.45) is 7.05 Å². The third-order valence-corrected chi connectivity index (χ3v) is 3.43. The Morgan fingerprint density at radius 2 is 2.14 bits per heavy atom. The highest BCUT2D eigenvalue weighted by Gasteiger charge is 2.20. The molecule has 0 bridgehead atoms. The molecule has 0 aliphatic heterocycles. The van der Waals surface area contributed by atoms with E-state index in [2.05, 4.69) is 18.0 Å². The van der Waals surface area contributed by atoms with Gasteiger partial charge >= 0.3 is 0 Å². The van der Waals surface area contributed by atoms with E-state index < -0.39 is 0 Å². The first-order chi connectivity index (χ1) is 10.0. The highest BCUT2D eigenvalue weighted by atomic mass is 32.1. The lowest BCUT2D eigenvalue weighted by Crippen LogP contribution is -2.24. The van der Waals surface area contributed by atoms with E-state index in [4.69, 9.17) is 4.18 Å². The Hall–Kier alpha value is -1.99.